The molecule has 1 aliphatic heterocycles. The van der Waals surface area contributed by atoms with Gasteiger partial charge in [-0.3, -0.25) is 9.59 Å². The number of aliphatic imine (C=N–C) groups is 1. The lowest BCUT2D eigenvalue weighted by atomic mass is 10.1. The summed E-state index contributed by atoms with van der Waals surface area (Å²) in [6, 6.07) is 13.6. The minimum Gasteiger partial charge on any atom is -0.326 e. The summed E-state index contributed by atoms with van der Waals surface area (Å²) in [5, 5.41) is 5.71. The number of carbonyl (C=O) groups excluding carboxylic acids is 2. The first-order chi connectivity index (χ1) is 12.4. The van der Waals surface area contributed by atoms with Crippen molar-refractivity contribution in [2.24, 2.45) is 4.99 Å². The van der Waals surface area contributed by atoms with E-state index < -0.39 is 5.25 Å². The predicted molar refractivity (Wildman–Crippen MR) is 107 cm³/mol. The number of amides is 2. The first-order valence-electron chi connectivity index (χ1n) is 8.41. The number of thioether (sulfide) groups is 1. The van der Waals surface area contributed by atoms with Crippen molar-refractivity contribution in [3.8, 4) is 0 Å². The Balaban J connectivity index is 1.63. The van der Waals surface area contributed by atoms with Gasteiger partial charge in [-0.25, -0.2) is 4.99 Å². The molecule has 0 aliphatic carbocycles. The molecule has 1 heterocycles. The summed E-state index contributed by atoms with van der Waals surface area (Å²) in [7, 11) is 0. The Bertz CT molecular complexity index is 875. The number of carbonyl (C=O) groups is 2. The molecule has 1 saturated heterocycles. The van der Waals surface area contributed by atoms with Crippen LogP contribution in [0.1, 0.15) is 23.1 Å². The third-order valence-corrected chi connectivity index (χ3v) is 5.16. The van der Waals surface area contributed by atoms with Crippen LogP contribution in [0, 0.1) is 20.8 Å². The zero-order chi connectivity index (χ0) is 18.7. The first kappa shape index (κ1) is 18.2. The molecule has 0 spiro atoms. The number of nitrogens with one attached hydrogen (secondary N) is 2. The number of hydrogen-bond donors (Lipinski definition) is 2. The van der Waals surface area contributed by atoms with Crippen LogP contribution in [0.2, 0.25) is 0 Å². The zero-order valence-corrected chi connectivity index (χ0v) is 15.8. The van der Waals surface area contributed by atoms with E-state index in [-0.39, 0.29) is 18.2 Å². The van der Waals surface area contributed by atoms with Crippen LogP contribution in [-0.4, -0.2) is 22.2 Å². The van der Waals surface area contributed by atoms with Crippen LogP contribution in [0.3, 0.4) is 0 Å². The number of nitrogens with zero attached hydrogens (tertiary/aromatic N) is 1. The number of rotatable bonds is 4. The highest BCUT2D eigenvalue weighted by Crippen LogP contribution is 2.26. The lowest BCUT2D eigenvalue weighted by Crippen LogP contribution is -2.28. The number of aryl methyl sites for hydroxylation is 3. The second kappa shape index (κ2) is 7.74. The number of hydrogen-bond acceptors (Lipinski definition) is 4. The topological polar surface area (TPSA) is 70.6 Å². The summed E-state index contributed by atoms with van der Waals surface area (Å²) < 4.78 is 0. The smallest absolute Gasteiger partial charge is 0.240 e. The molecule has 1 atom stereocenters. The summed E-state index contributed by atoms with van der Waals surface area (Å²) in [4.78, 5) is 28.9. The Morgan fingerprint density at radius 1 is 1.12 bits per heavy atom. The molecule has 2 aromatic rings. The third kappa shape index (κ3) is 4.52. The molecule has 1 aliphatic rings. The van der Waals surface area contributed by atoms with E-state index in [0.717, 1.165) is 28.1 Å². The van der Waals surface area contributed by atoms with Crippen molar-refractivity contribution in [1.82, 2.24) is 5.32 Å². The highest BCUT2D eigenvalue weighted by molar-refractivity contribution is 8.15. The van der Waals surface area contributed by atoms with E-state index in [9.17, 15) is 9.59 Å². The van der Waals surface area contributed by atoms with E-state index in [1.54, 1.807) is 0 Å². The van der Waals surface area contributed by atoms with E-state index >= 15 is 0 Å². The predicted octanol–water partition coefficient (Wildman–Crippen LogP) is 3.86. The lowest BCUT2D eigenvalue weighted by Gasteiger charge is -2.10. The normalized spacial score (nSPS) is 18.0. The molecule has 2 amide bonds. The molecule has 6 heteroatoms. The van der Waals surface area contributed by atoms with Crippen molar-refractivity contribution < 1.29 is 9.59 Å². The van der Waals surface area contributed by atoms with Crippen LogP contribution >= 0.6 is 11.8 Å². The molecule has 2 N–H and O–H groups in total. The van der Waals surface area contributed by atoms with Crippen molar-refractivity contribution in [2.45, 2.75) is 32.4 Å². The zero-order valence-electron chi connectivity index (χ0n) is 15.0. The third-order valence-electron chi connectivity index (χ3n) is 4.08. The molecule has 1 unspecified atom stereocenters. The van der Waals surface area contributed by atoms with Crippen molar-refractivity contribution in [3.63, 3.8) is 0 Å². The summed E-state index contributed by atoms with van der Waals surface area (Å²) in [5.74, 6) is -0.361. The maximum Gasteiger partial charge on any atom is 0.240 e. The van der Waals surface area contributed by atoms with Crippen LogP contribution < -0.4 is 10.6 Å². The summed E-state index contributed by atoms with van der Waals surface area (Å²) in [5.41, 5.74) is 4.78. The maximum absolute atomic E-state index is 12.3. The van der Waals surface area contributed by atoms with E-state index in [4.69, 9.17) is 0 Å². The van der Waals surface area contributed by atoms with Crippen LogP contribution in [0.4, 0.5) is 11.4 Å². The fourth-order valence-electron chi connectivity index (χ4n) is 2.57. The number of anilines is 1. The molecule has 5 nitrogen and oxygen atoms in total. The fourth-order valence-corrected chi connectivity index (χ4v) is 3.56. The van der Waals surface area contributed by atoms with Crippen LogP contribution in [0.5, 0.6) is 0 Å². The average Bonchev–Trinajstić information content (AvgIpc) is 2.92. The van der Waals surface area contributed by atoms with Crippen LogP contribution in [0.15, 0.2) is 47.5 Å². The van der Waals surface area contributed by atoms with Gasteiger partial charge in [-0.05, 0) is 50.1 Å². The van der Waals surface area contributed by atoms with E-state index in [1.165, 1.54) is 11.8 Å². The Morgan fingerprint density at radius 2 is 1.81 bits per heavy atom. The molecular weight excluding hydrogens is 346 g/mol. The summed E-state index contributed by atoms with van der Waals surface area (Å²) in [6.45, 7) is 5.93. The second-order valence-electron chi connectivity index (χ2n) is 6.42. The van der Waals surface area contributed by atoms with Crippen LogP contribution in [0.25, 0.3) is 0 Å². The van der Waals surface area contributed by atoms with Gasteiger partial charge in [0.05, 0.1) is 5.69 Å². The SMILES string of the molecule is Cc1ccc(N=C2NC(=O)C(CC(=O)Nc3cc(C)ccc3C)S2)cc1. The van der Waals surface area contributed by atoms with Crippen molar-refractivity contribution in [3.05, 3.63) is 59.2 Å². The van der Waals surface area contributed by atoms with Gasteiger partial charge in [0.25, 0.3) is 0 Å². The van der Waals surface area contributed by atoms with Gasteiger partial charge in [0, 0.05) is 12.1 Å². The number of amidine groups is 1. The van der Waals surface area contributed by atoms with Crippen molar-refractivity contribution in [1.29, 1.82) is 0 Å². The summed E-state index contributed by atoms with van der Waals surface area (Å²) in [6.07, 6.45) is 0.108. The van der Waals surface area contributed by atoms with Crippen LogP contribution in [-0.2, 0) is 9.59 Å². The van der Waals surface area contributed by atoms with Crippen molar-refractivity contribution >= 4 is 40.1 Å². The van der Waals surface area contributed by atoms with Gasteiger partial charge in [0.15, 0.2) is 5.17 Å². The van der Waals surface area contributed by atoms with E-state index in [1.807, 2.05) is 63.2 Å². The average molecular weight is 367 g/mol. The second-order valence-corrected chi connectivity index (χ2v) is 7.61. The lowest BCUT2D eigenvalue weighted by molar-refractivity contribution is -0.122. The highest BCUT2D eigenvalue weighted by Gasteiger charge is 2.32. The molecule has 2 aromatic carbocycles. The van der Waals surface area contributed by atoms with E-state index in [0.29, 0.717) is 5.17 Å². The van der Waals surface area contributed by atoms with Gasteiger partial charge in [-0.2, -0.15) is 0 Å². The molecule has 0 saturated carbocycles. The van der Waals surface area contributed by atoms with Crippen molar-refractivity contribution in [2.75, 3.05) is 5.32 Å². The fraction of sp³-hybridized carbons (Fsp3) is 0.250. The molecule has 0 aromatic heterocycles. The molecule has 1 fully saturated rings. The highest BCUT2D eigenvalue weighted by atomic mass is 32.2. The molecule has 134 valence electrons. The standard InChI is InChI=1S/C20H21N3O2S/c1-12-5-8-15(9-6-12)21-20-23-19(25)17(26-20)11-18(24)22-16-10-13(2)4-7-14(16)3/h4-10,17H,11H2,1-3H3,(H,22,24)(H,21,23,25). The van der Waals surface area contributed by atoms with Gasteiger partial charge in [0.2, 0.25) is 11.8 Å². The molecular formula is C20H21N3O2S. The quantitative estimate of drug-likeness (QED) is 0.862. The van der Waals surface area contributed by atoms with Gasteiger partial charge in [-0.15, -0.1) is 0 Å². The van der Waals surface area contributed by atoms with Gasteiger partial charge in [0.1, 0.15) is 5.25 Å². The largest absolute Gasteiger partial charge is 0.326 e. The first-order valence-corrected chi connectivity index (χ1v) is 9.28. The monoisotopic (exact) mass is 367 g/mol. The Morgan fingerprint density at radius 3 is 2.54 bits per heavy atom. The maximum atomic E-state index is 12.3. The summed E-state index contributed by atoms with van der Waals surface area (Å²) >= 11 is 1.29. The molecule has 3 rings (SSSR count). The molecule has 0 radical (unpaired) electrons. The molecule has 26 heavy (non-hydrogen) atoms. The minimum absolute atomic E-state index is 0.108. The minimum atomic E-state index is -0.468. The Kier molecular flexibility index (Phi) is 5.42. The van der Waals surface area contributed by atoms with Gasteiger partial charge in [-0.1, -0.05) is 41.6 Å². The molecule has 0 bridgehead atoms. The van der Waals surface area contributed by atoms with Gasteiger partial charge >= 0.3 is 0 Å². The number of benzene rings is 2. The van der Waals surface area contributed by atoms with E-state index in [2.05, 4.69) is 15.6 Å². The Hall–Kier alpha value is -2.60. The Labute approximate surface area is 157 Å². The van der Waals surface area contributed by atoms with Gasteiger partial charge < -0.3 is 10.6 Å².